The number of carbonyl (C=O) groups is 2. The molecule has 1 amide bonds. The third-order valence-electron chi connectivity index (χ3n) is 5.06. The lowest BCUT2D eigenvalue weighted by molar-refractivity contribution is -0.113. The van der Waals surface area contributed by atoms with E-state index < -0.39 is 5.97 Å². The van der Waals surface area contributed by atoms with E-state index in [1.54, 1.807) is 18.3 Å². The van der Waals surface area contributed by atoms with Crippen LogP contribution in [-0.4, -0.2) is 39.0 Å². The van der Waals surface area contributed by atoms with Crippen molar-refractivity contribution in [2.24, 2.45) is 0 Å². The molecule has 0 aliphatic carbocycles. The molecule has 3 rings (SSSR count). The number of rotatable bonds is 10. The Labute approximate surface area is 207 Å². The van der Waals surface area contributed by atoms with E-state index in [2.05, 4.69) is 52.3 Å². The van der Waals surface area contributed by atoms with E-state index in [1.165, 1.54) is 28.0 Å². The molecule has 178 valence electrons. The highest BCUT2D eigenvalue weighted by molar-refractivity contribution is 7.99. The molecule has 10 heteroatoms. The second kappa shape index (κ2) is 11.3. The van der Waals surface area contributed by atoms with Crippen LogP contribution in [0.25, 0.3) is 11.4 Å². The Morgan fingerprint density at radius 3 is 2.64 bits per heavy atom. The summed E-state index contributed by atoms with van der Waals surface area (Å²) in [6, 6.07) is 2.17. The highest BCUT2D eigenvalue weighted by atomic mass is 32.2. The summed E-state index contributed by atoms with van der Waals surface area (Å²) < 4.78 is 7.24. The van der Waals surface area contributed by atoms with Crippen molar-refractivity contribution >= 4 is 51.3 Å². The van der Waals surface area contributed by atoms with Crippen LogP contribution in [0.4, 0.5) is 5.00 Å². The van der Waals surface area contributed by atoms with Gasteiger partial charge in [0.1, 0.15) is 5.00 Å². The molecule has 0 saturated heterocycles. The Kier molecular flexibility index (Phi) is 8.72. The van der Waals surface area contributed by atoms with Crippen LogP contribution in [0.1, 0.15) is 65.7 Å². The lowest BCUT2D eigenvalue weighted by atomic mass is 10.1. The minimum Gasteiger partial charge on any atom is -0.462 e. The maximum atomic E-state index is 12.7. The van der Waals surface area contributed by atoms with Gasteiger partial charge in [-0.25, -0.2) is 4.79 Å². The van der Waals surface area contributed by atoms with Crippen LogP contribution in [0, 0.1) is 13.8 Å². The minimum atomic E-state index is -0.411. The molecule has 1 N–H and O–H groups in total. The number of hydrogen-bond donors (Lipinski definition) is 1. The van der Waals surface area contributed by atoms with Crippen molar-refractivity contribution in [3.05, 3.63) is 32.3 Å². The number of thioether (sulfide) groups is 1. The molecule has 0 aliphatic heterocycles. The second-order valence-electron chi connectivity index (χ2n) is 7.89. The molecule has 0 unspecified atom stereocenters. The van der Waals surface area contributed by atoms with Crippen LogP contribution in [-0.2, 0) is 16.1 Å². The zero-order chi connectivity index (χ0) is 24.1. The number of amides is 1. The zero-order valence-electron chi connectivity index (χ0n) is 19.9. The van der Waals surface area contributed by atoms with Gasteiger partial charge in [0, 0.05) is 27.2 Å². The number of nitrogens with one attached hydrogen (secondary N) is 1. The number of nitrogens with zero attached hydrogens (tertiary/aromatic N) is 3. The molecule has 3 aromatic heterocycles. The standard InChI is InChI=1S/C23H30N4O3S3/c1-7-9-27-20(16-10-17(13(3)4)31-11-16)25-26-23(27)32-12-18(28)24-21-19(22(29)30-8-2)14(5)15(6)33-21/h10-11,13H,7-9,12H2,1-6H3,(H,24,28). The zero-order valence-corrected chi connectivity index (χ0v) is 22.3. The first-order chi connectivity index (χ1) is 15.8. The molecular weight excluding hydrogens is 476 g/mol. The molecule has 0 atom stereocenters. The third kappa shape index (κ3) is 5.85. The fraction of sp³-hybridized carbons (Fsp3) is 0.478. The first-order valence-electron chi connectivity index (χ1n) is 11.0. The highest BCUT2D eigenvalue weighted by Crippen LogP contribution is 2.34. The number of hydrogen-bond acceptors (Lipinski definition) is 8. The average molecular weight is 507 g/mol. The van der Waals surface area contributed by atoms with Gasteiger partial charge < -0.3 is 14.6 Å². The smallest absolute Gasteiger partial charge is 0.341 e. The number of esters is 1. The van der Waals surface area contributed by atoms with Gasteiger partial charge in [-0.3, -0.25) is 4.79 Å². The van der Waals surface area contributed by atoms with E-state index in [4.69, 9.17) is 4.74 Å². The van der Waals surface area contributed by atoms with Crippen molar-refractivity contribution in [2.45, 2.75) is 65.6 Å². The number of thiophene rings is 2. The van der Waals surface area contributed by atoms with Gasteiger partial charge in [0.15, 0.2) is 11.0 Å². The number of aromatic nitrogens is 3. The molecule has 3 aromatic rings. The highest BCUT2D eigenvalue weighted by Gasteiger charge is 2.23. The van der Waals surface area contributed by atoms with Crippen LogP contribution >= 0.6 is 34.4 Å². The normalized spacial score (nSPS) is 11.2. The minimum absolute atomic E-state index is 0.168. The maximum absolute atomic E-state index is 12.7. The predicted molar refractivity (Wildman–Crippen MR) is 137 cm³/mol. The quantitative estimate of drug-likeness (QED) is 0.263. The molecule has 0 saturated carbocycles. The van der Waals surface area contributed by atoms with Gasteiger partial charge in [0.25, 0.3) is 0 Å². The summed E-state index contributed by atoms with van der Waals surface area (Å²) in [5.41, 5.74) is 2.34. The topological polar surface area (TPSA) is 86.1 Å². The van der Waals surface area contributed by atoms with Gasteiger partial charge in [-0.2, -0.15) is 0 Å². The molecule has 0 fully saturated rings. The number of anilines is 1. The number of carbonyl (C=O) groups excluding carboxylic acids is 2. The summed E-state index contributed by atoms with van der Waals surface area (Å²) in [7, 11) is 0. The Bertz CT molecular complexity index is 1130. The summed E-state index contributed by atoms with van der Waals surface area (Å²) in [5, 5.41) is 15.0. The van der Waals surface area contributed by atoms with Crippen LogP contribution in [0.3, 0.4) is 0 Å². The summed E-state index contributed by atoms with van der Waals surface area (Å²) in [6.07, 6.45) is 0.933. The molecular formula is C23H30N4O3S3. The Morgan fingerprint density at radius 2 is 2.00 bits per heavy atom. The van der Waals surface area contributed by atoms with E-state index in [-0.39, 0.29) is 18.3 Å². The van der Waals surface area contributed by atoms with Crippen molar-refractivity contribution < 1.29 is 14.3 Å². The molecule has 0 radical (unpaired) electrons. The van der Waals surface area contributed by atoms with Crippen LogP contribution in [0.15, 0.2) is 16.6 Å². The van der Waals surface area contributed by atoms with E-state index in [0.29, 0.717) is 21.6 Å². The van der Waals surface area contributed by atoms with Crippen molar-refractivity contribution in [1.29, 1.82) is 0 Å². The van der Waals surface area contributed by atoms with Gasteiger partial charge in [0.05, 0.1) is 17.9 Å². The van der Waals surface area contributed by atoms with Gasteiger partial charge in [0.2, 0.25) is 5.91 Å². The first-order valence-corrected chi connectivity index (χ1v) is 13.7. The first kappa shape index (κ1) is 25.5. The fourth-order valence-corrected chi connectivity index (χ4v) is 6.00. The SMILES string of the molecule is CCCn1c(SCC(=O)Nc2sc(C)c(C)c2C(=O)OCC)nnc1-c1csc(C(C)C)c1. The fourth-order valence-electron chi connectivity index (χ4n) is 3.26. The number of aryl methyl sites for hydroxylation is 1. The Hall–Kier alpha value is -2.17. The molecule has 0 aliphatic rings. The lowest BCUT2D eigenvalue weighted by Gasteiger charge is -2.09. The predicted octanol–water partition coefficient (Wildman–Crippen LogP) is 6.13. The van der Waals surface area contributed by atoms with Gasteiger partial charge in [-0.15, -0.1) is 32.9 Å². The molecule has 0 bridgehead atoms. The molecule has 0 spiro atoms. The van der Waals surface area contributed by atoms with Gasteiger partial charge >= 0.3 is 5.97 Å². The van der Waals surface area contributed by atoms with Gasteiger partial charge in [-0.1, -0.05) is 32.5 Å². The van der Waals surface area contributed by atoms with E-state index in [9.17, 15) is 9.59 Å². The van der Waals surface area contributed by atoms with E-state index >= 15 is 0 Å². The molecule has 33 heavy (non-hydrogen) atoms. The summed E-state index contributed by atoms with van der Waals surface area (Å²) in [4.78, 5) is 27.4. The largest absolute Gasteiger partial charge is 0.462 e. The Balaban J connectivity index is 1.74. The Morgan fingerprint density at radius 1 is 1.24 bits per heavy atom. The number of ether oxygens (including phenoxy) is 1. The lowest BCUT2D eigenvalue weighted by Crippen LogP contribution is -2.17. The average Bonchev–Trinajstić information content (AvgIpc) is 3.46. The van der Waals surface area contributed by atoms with E-state index in [1.807, 2.05) is 13.8 Å². The van der Waals surface area contributed by atoms with E-state index in [0.717, 1.165) is 34.8 Å². The third-order valence-corrected chi connectivity index (χ3v) is 8.38. The maximum Gasteiger partial charge on any atom is 0.341 e. The van der Waals surface area contributed by atoms with Crippen molar-refractivity contribution in [3.63, 3.8) is 0 Å². The molecule has 0 aromatic carbocycles. The van der Waals surface area contributed by atoms with Crippen molar-refractivity contribution in [2.75, 3.05) is 17.7 Å². The monoisotopic (exact) mass is 506 g/mol. The molecule has 7 nitrogen and oxygen atoms in total. The molecule has 3 heterocycles. The second-order valence-corrected chi connectivity index (χ2v) is 11.0. The van der Waals surface area contributed by atoms with Crippen molar-refractivity contribution in [3.8, 4) is 11.4 Å². The van der Waals surface area contributed by atoms with Crippen LogP contribution in [0.5, 0.6) is 0 Å². The summed E-state index contributed by atoms with van der Waals surface area (Å²) in [6.45, 7) is 13.1. The van der Waals surface area contributed by atoms with Gasteiger partial charge in [-0.05, 0) is 44.7 Å². The summed E-state index contributed by atoms with van der Waals surface area (Å²) >= 11 is 4.47. The van der Waals surface area contributed by atoms with Crippen LogP contribution in [0.2, 0.25) is 0 Å². The summed E-state index contributed by atoms with van der Waals surface area (Å²) in [5.74, 6) is 0.856. The van der Waals surface area contributed by atoms with Crippen LogP contribution < -0.4 is 5.32 Å². The van der Waals surface area contributed by atoms with Crippen molar-refractivity contribution in [1.82, 2.24) is 14.8 Å².